The minimum absolute atomic E-state index is 0.0873. The number of carbonyl (C=O) groups excluding carboxylic acids is 3. The number of benzene rings is 1. The fourth-order valence-corrected chi connectivity index (χ4v) is 2.49. The molecule has 0 saturated carbocycles. The Morgan fingerprint density at radius 2 is 1.72 bits per heavy atom. The van der Waals surface area contributed by atoms with Crippen molar-refractivity contribution in [1.29, 1.82) is 0 Å². The molecular formula is C17H8N2O6. The second-order valence-electron chi connectivity index (χ2n) is 5.18. The van der Waals surface area contributed by atoms with Crippen LogP contribution in [0, 0.1) is 0 Å². The summed E-state index contributed by atoms with van der Waals surface area (Å²) >= 11 is 0. The number of carbonyl (C=O) groups is 3. The molecule has 0 radical (unpaired) electrons. The van der Waals surface area contributed by atoms with Crippen molar-refractivity contribution in [2.24, 2.45) is 0 Å². The van der Waals surface area contributed by atoms with Crippen LogP contribution < -0.4 is 5.43 Å². The Morgan fingerprint density at radius 3 is 2.40 bits per heavy atom. The number of nitrogens with zero attached hydrogens (tertiary/aromatic N) is 2. The lowest BCUT2D eigenvalue weighted by Gasteiger charge is -2.12. The summed E-state index contributed by atoms with van der Waals surface area (Å²) in [6.07, 6.45) is 2.69. The zero-order chi connectivity index (χ0) is 17.6. The molecule has 4 rings (SSSR count). The SMILES string of the molecule is O=C(ON1C(=O)c2ccccc2C1=O)c1cc(=O)c2ccncc2o1. The van der Waals surface area contributed by atoms with Crippen molar-refractivity contribution in [3.63, 3.8) is 0 Å². The van der Waals surface area contributed by atoms with E-state index in [1.165, 1.54) is 30.6 Å². The highest BCUT2D eigenvalue weighted by molar-refractivity contribution is 6.21. The average Bonchev–Trinajstić information content (AvgIpc) is 2.87. The molecule has 0 bridgehead atoms. The van der Waals surface area contributed by atoms with Gasteiger partial charge in [0, 0.05) is 12.3 Å². The number of fused-ring (bicyclic) bond motifs is 2. The molecule has 0 atom stereocenters. The van der Waals surface area contributed by atoms with Crippen LogP contribution >= 0.6 is 0 Å². The van der Waals surface area contributed by atoms with E-state index in [4.69, 9.17) is 9.25 Å². The molecule has 0 aliphatic carbocycles. The minimum atomic E-state index is -1.14. The van der Waals surface area contributed by atoms with Crippen LogP contribution in [0.1, 0.15) is 31.3 Å². The Bertz CT molecular complexity index is 1080. The molecule has 2 amide bonds. The molecule has 8 nitrogen and oxygen atoms in total. The van der Waals surface area contributed by atoms with Crippen LogP contribution in [0.3, 0.4) is 0 Å². The molecule has 0 saturated heterocycles. The third-order valence-corrected chi connectivity index (χ3v) is 3.66. The van der Waals surface area contributed by atoms with E-state index in [1.807, 2.05) is 0 Å². The number of pyridine rings is 1. The maximum absolute atomic E-state index is 12.2. The molecule has 0 spiro atoms. The largest absolute Gasteiger partial charge is 0.447 e. The topological polar surface area (TPSA) is 107 Å². The van der Waals surface area contributed by atoms with Crippen molar-refractivity contribution < 1.29 is 23.6 Å². The van der Waals surface area contributed by atoms with Crippen molar-refractivity contribution in [3.05, 3.63) is 75.9 Å². The Balaban J connectivity index is 1.67. The maximum atomic E-state index is 12.2. The van der Waals surface area contributed by atoms with E-state index in [1.54, 1.807) is 12.1 Å². The third-order valence-electron chi connectivity index (χ3n) is 3.66. The van der Waals surface area contributed by atoms with Gasteiger partial charge in [0.1, 0.15) is 0 Å². The quantitative estimate of drug-likeness (QED) is 0.654. The van der Waals surface area contributed by atoms with Crippen LogP contribution in [0.5, 0.6) is 0 Å². The molecule has 3 aromatic rings. The fraction of sp³-hybridized carbons (Fsp3) is 0. The third kappa shape index (κ3) is 2.27. The predicted octanol–water partition coefficient (Wildman–Crippen LogP) is 1.56. The molecular weight excluding hydrogens is 328 g/mol. The summed E-state index contributed by atoms with van der Waals surface area (Å²) in [6.45, 7) is 0. The van der Waals surface area contributed by atoms with Gasteiger partial charge in [0.05, 0.1) is 22.7 Å². The lowest BCUT2D eigenvalue weighted by Crippen LogP contribution is -2.32. The van der Waals surface area contributed by atoms with Gasteiger partial charge in [0.15, 0.2) is 11.0 Å². The molecule has 2 aromatic heterocycles. The van der Waals surface area contributed by atoms with Crippen LogP contribution in [0.25, 0.3) is 11.0 Å². The van der Waals surface area contributed by atoms with Gasteiger partial charge in [-0.2, -0.15) is 0 Å². The summed E-state index contributed by atoms with van der Waals surface area (Å²) in [5.41, 5.74) is -0.129. The molecule has 3 heterocycles. The maximum Gasteiger partial charge on any atom is 0.399 e. The first-order valence-electron chi connectivity index (χ1n) is 7.14. The van der Waals surface area contributed by atoms with Gasteiger partial charge in [-0.15, -0.1) is 0 Å². The zero-order valence-electron chi connectivity index (χ0n) is 12.5. The summed E-state index contributed by atoms with van der Waals surface area (Å²) in [7, 11) is 0. The van der Waals surface area contributed by atoms with E-state index < -0.39 is 29.0 Å². The van der Waals surface area contributed by atoms with E-state index in [0.717, 1.165) is 6.07 Å². The van der Waals surface area contributed by atoms with Gasteiger partial charge in [-0.1, -0.05) is 17.2 Å². The number of amides is 2. The number of hydrogen-bond acceptors (Lipinski definition) is 7. The molecule has 1 aliphatic heterocycles. The van der Waals surface area contributed by atoms with Crippen molar-refractivity contribution in [1.82, 2.24) is 10.0 Å². The van der Waals surface area contributed by atoms with Gasteiger partial charge in [0.25, 0.3) is 11.8 Å². The molecule has 1 aromatic carbocycles. The van der Waals surface area contributed by atoms with Crippen molar-refractivity contribution in [3.8, 4) is 0 Å². The molecule has 8 heteroatoms. The van der Waals surface area contributed by atoms with Gasteiger partial charge in [0.2, 0.25) is 5.76 Å². The Morgan fingerprint density at radius 1 is 1.04 bits per heavy atom. The van der Waals surface area contributed by atoms with E-state index in [9.17, 15) is 19.2 Å². The zero-order valence-corrected chi connectivity index (χ0v) is 12.5. The smallest absolute Gasteiger partial charge is 0.399 e. The molecule has 122 valence electrons. The highest BCUT2D eigenvalue weighted by Crippen LogP contribution is 2.23. The van der Waals surface area contributed by atoms with Crippen LogP contribution in [-0.2, 0) is 4.84 Å². The normalized spacial score (nSPS) is 13.2. The summed E-state index contributed by atoms with van der Waals surface area (Å²) < 4.78 is 5.28. The molecule has 1 aliphatic rings. The Hall–Kier alpha value is -3.81. The highest BCUT2D eigenvalue weighted by Gasteiger charge is 2.39. The number of aromatic nitrogens is 1. The number of imide groups is 1. The van der Waals surface area contributed by atoms with E-state index in [2.05, 4.69) is 4.98 Å². The first-order chi connectivity index (χ1) is 12.1. The second-order valence-corrected chi connectivity index (χ2v) is 5.18. The first kappa shape index (κ1) is 14.8. The lowest BCUT2D eigenvalue weighted by atomic mass is 10.1. The first-order valence-corrected chi connectivity index (χ1v) is 7.14. The van der Waals surface area contributed by atoms with Gasteiger partial charge < -0.3 is 9.25 Å². The second kappa shape index (κ2) is 5.38. The monoisotopic (exact) mass is 336 g/mol. The highest BCUT2D eigenvalue weighted by atomic mass is 16.7. The Kier molecular flexibility index (Phi) is 3.17. The van der Waals surface area contributed by atoms with Crippen LogP contribution in [0.15, 0.2) is 58.0 Å². The van der Waals surface area contributed by atoms with Gasteiger partial charge in [-0.3, -0.25) is 19.4 Å². The summed E-state index contributed by atoms with van der Waals surface area (Å²) in [4.78, 5) is 57.2. The average molecular weight is 336 g/mol. The molecule has 0 fully saturated rings. The molecule has 0 unspecified atom stereocenters. The van der Waals surface area contributed by atoms with Gasteiger partial charge >= 0.3 is 5.97 Å². The van der Waals surface area contributed by atoms with E-state index in [-0.39, 0.29) is 22.1 Å². The molecule has 25 heavy (non-hydrogen) atoms. The number of rotatable bonds is 2. The van der Waals surface area contributed by atoms with Crippen LogP contribution in [-0.4, -0.2) is 27.8 Å². The van der Waals surface area contributed by atoms with Gasteiger partial charge in [-0.05, 0) is 18.2 Å². The van der Waals surface area contributed by atoms with E-state index in [0.29, 0.717) is 5.06 Å². The Labute approximate surface area is 139 Å². The summed E-state index contributed by atoms with van der Waals surface area (Å²) in [6, 6.07) is 8.45. The summed E-state index contributed by atoms with van der Waals surface area (Å²) in [5.74, 6) is -3.11. The van der Waals surface area contributed by atoms with Crippen molar-refractivity contribution in [2.45, 2.75) is 0 Å². The number of hydrogen-bond donors (Lipinski definition) is 0. The summed E-state index contributed by atoms with van der Waals surface area (Å²) in [5, 5.41) is 0.591. The standard InChI is InChI=1S/C17H8N2O6/c20-12-7-13(24-14-8-18-6-5-11(12)14)17(23)25-19-15(21)9-3-1-2-4-10(9)16(19)22/h1-8H. The van der Waals surface area contributed by atoms with Crippen molar-refractivity contribution >= 4 is 28.8 Å². The van der Waals surface area contributed by atoms with Gasteiger partial charge in [-0.25, -0.2) is 4.79 Å². The fourth-order valence-electron chi connectivity index (χ4n) is 2.49. The lowest BCUT2D eigenvalue weighted by molar-refractivity contribution is -0.0603. The molecule has 0 N–H and O–H groups in total. The minimum Gasteiger partial charge on any atom is -0.447 e. The van der Waals surface area contributed by atoms with Crippen molar-refractivity contribution in [2.75, 3.05) is 0 Å². The number of hydroxylamine groups is 2. The predicted molar refractivity (Wildman–Crippen MR) is 82.6 cm³/mol. The van der Waals surface area contributed by atoms with Crippen LogP contribution in [0.4, 0.5) is 0 Å². The van der Waals surface area contributed by atoms with E-state index >= 15 is 0 Å². The van der Waals surface area contributed by atoms with Crippen LogP contribution in [0.2, 0.25) is 0 Å².